The molecule has 0 aliphatic heterocycles. The van der Waals surface area contributed by atoms with Crippen LogP contribution in [0.1, 0.15) is 43.5 Å². The predicted octanol–water partition coefficient (Wildman–Crippen LogP) is 1.99. The summed E-state index contributed by atoms with van der Waals surface area (Å²) in [5.41, 5.74) is 0.414. The highest BCUT2D eigenvalue weighted by molar-refractivity contribution is 5.93. The van der Waals surface area contributed by atoms with E-state index in [1.807, 2.05) is 6.07 Å². The molecular weight excluding hydrogens is 506 g/mol. The van der Waals surface area contributed by atoms with Crippen molar-refractivity contribution in [2.75, 3.05) is 26.8 Å². The number of nitrogens with zero attached hydrogens (tertiary/aromatic N) is 1. The first-order valence-corrected chi connectivity index (χ1v) is 12.5. The molecule has 0 saturated heterocycles. The topological polar surface area (TPSA) is 154 Å². The molecule has 2 unspecified atom stereocenters. The van der Waals surface area contributed by atoms with E-state index in [4.69, 9.17) is 4.74 Å². The molecule has 11 nitrogen and oxygen atoms in total. The first kappa shape index (κ1) is 31.1. The van der Waals surface area contributed by atoms with Gasteiger partial charge in [-0.2, -0.15) is 0 Å². The summed E-state index contributed by atoms with van der Waals surface area (Å²) in [4.78, 5) is 52.9. The average molecular weight is 544 g/mol. The summed E-state index contributed by atoms with van der Waals surface area (Å²) < 4.78 is 9.95. The van der Waals surface area contributed by atoms with Crippen LogP contribution >= 0.6 is 0 Å². The largest absolute Gasteiger partial charge is 0.507 e. The number of nitrogens with one attached hydrogen (secondary N) is 2. The van der Waals surface area contributed by atoms with Gasteiger partial charge >= 0.3 is 12.1 Å². The number of aliphatic hydroxyl groups is 1. The van der Waals surface area contributed by atoms with Gasteiger partial charge < -0.3 is 35.2 Å². The summed E-state index contributed by atoms with van der Waals surface area (Å²) in [5, 5.41) is 25.7. The van der Waals surface area contributed by atoms with E-state index in [2.05, 4.69) is 15.4 Å². The second-order valence-electron chi connectivity index (χ2n) is 9.85. The zero-order valence-corrected chi connectivity index (χ0v) is 22.9. The van der Waals surface area contributed by atoms with Crippen LogP contribution in [0.25, 0.3) is 0 Å². The summed E-state index contributed by atoms with van der Waals surface area (Å²) >= 11 is 0. The molecule has 0 aromatic heterocycles. The zero-order valence-electron chi connectivity index (χ0n) is 22.9. The number of aryl methyl sites for hydroxylation is 1. The van der Waals surface area contributed by atoms with E-state index in [1.54, 1.807) is 64.1 Å². The minimum absolute atomic E-state index is 0.0527. The number of phenolic OH excluding ortho intramolecular Hbond substituents is 1. The summed E-state index contributed by atoms with van der Waals surface area (Å²) in [7, 11) is 1.16. The van der Waals surface area contributed by atoms with Gasteiger partial charge in [0.2, 0.25) is 11.8 Å². The molecule has 2 rings (SSSR count). The third-order valence-electron chi connectivity index (χ3n) is 5.65. The Morgan fingerprint density at radius 2 is 1.69 bits per heavy atom. The Kier molecular flexibility index (Phi) is 11.3. The number of ether oxygens (including phenoxy) is 2. The molecule has 0 saturated carbocycles. The Balaban J connectivity index is 2.55. The normalized spacial score (nSPS) is 12.6. The second kappa shape index (κ2) is 14.1. The maximum absolute atomic E-state index is 14.0. The minimum atomic E-state index is -1.45. The summed E-state index contributed by atoms with van der Waals surface area (Å²) in [5.74, 6) is -2.45. The first-order chi connectivity index (χ1) is 18.4. The molecule has 11 heteroatoms. The fraction of sp³-hybridized carbons (Fsp3) is 0.429. The molecule has 3 amide bonds. The van der Waals surface area contributed by atoms with E-state index in [-0.39, 0.29) is 24.3 Å². The monoisotopic (exact) mass is 543 g/mol. The van der Waals surface area contributed by atoms with E-state index in [0.29, 0.717) is 5.56 Å². The van der Waals surface area contributed by atoms with Crippen molar-refractivity contribution in [2.45, 2.75) is 51.8 Å². The lowest BCUT2D eigenvalue weighted by Crippen LogP contribution is -2.54. The van der Waals surface area contributed by atoms with Crippen molar-refractivity contribution >= 4 is 23.9 Å². The van der Waals surface area contributed by atoms with Crippen molar-refractivity contribution in [1.82, 2.24) is 15.5 Å². The molecule has 2 aromatic rings. The number of aliphatic hydroxyl groups excluding tert-OH is 1. The number of para-hydroxylation sites is 1. The van der Waals surface area contributed by atoms with Gasteiger partial charge in [-0.05, 0) is 38.8 Å². The lowest BCUT2D eigenvalue weighted by atomic mass is 9.98. The Morgan fingerprint density at radius 1 is 1.03 bits per heavy atom. The minimum Gasteiger partial charge on any atom is -0.507 e. The number of carbonyl (C=O) groups is 4. The fourth-order valence-electron chi connectivity index (χ4n) is 3.86. The Labute approximate surface area is 228 Å². The number of rotatable bonds is 11. The van der Waals surface area contributed by atoms with Gasteiger partial charge in [0, 0.05) is 18.5 Å². The van der Waals surface area contributed by atoms with Crippen molar-refractivity contribution in [3.63, 3.8) is 0 Å². The summed E-state index contributed by atoms with van der Waals surface area (Å²) in [6.07, 6.45) is -0.789. The molecule has 212 valence electrons. The second-order valence-corrected chi connectivity index (χ2v) is 9.85. The molecule has 0 heterocycles. The van der Waals surface area contributed by atoms with E-state index in [9.17, 15) is 29.4 Å². The van der Waals surface area contributed by atoms with Crippen LogP contribution in [0.2, 0.25) is 0 Å². The molecule has 0 spiro atoms. The number of methoxy groups -OCH3 is 1. The van der Waals surface area contributed by atoms with Crippen LogP contribution in [0, 0.1) is 6.92 Å². The van der Waals surface area contributed by atoms with Crippen molar-refractivity contribution in [3.8, 4) is 5.75 Å². The van der Waals surface area contributed by atoms with Crippen LogP contribution in [-0.4, -0.2) is 77.4 Å². The molecule has 0 aliphatic carbocycles. The summed E-state index contributed by atoms with van der Waals surface area (Å²) in [6.45, 7) is 5.35. The Hall–Kier alpha value is -4.12. The maximum Gasteiger partial charge on any atom is 0.408 e. The van der Waals surface area contributed by atoms with Crippen LogP contribution in [0.5, 0.6) is 5.75 Å². The number of carbonyl (C=O) groups excluding carboxylic acids is 4. The highest BCUT2D eigenvalue weighted by Gasteiger charge is 2.37. The van der Waals surface area contributed by atoms with Crippen molar-refractivity contribution in [3.05, 3.63) is 65.2 Å². The van der Waals surface area contributed by atoms with Gasteiger partial charge in [-0.3, -0.25) is 14.4 Å². The average Bonchev–Trinajstić information content (AvgIpc) is 2.88. The third kappa shape index (κ3) is 9.29. The number of hydrogen-bond acceptors (Lipinski definition) is 8. The lowest BCUT2D eigenvalue weighted by Gasteiger charge is -2.34. The highest BCUT2D eigenvalue weighted by Crippen LogP contribution is 2.32. The zero-order chi connectivity index (χ0) is 29.2. The number of amides is 3. The first-order valence-electron chi connectivity index (χ1n) is 12.5. The smallest absolute Gasteiger partial charge is 0.408 e. The van der Waals surface area contributed by atoms with E-state index >= 15 is 0 Å². The van der Waals surface area contributed by atoms with E-state index in [1.165, 1.54) is 6.07 Å². The molecule has 0 bridgehead atoms. The van der Waals surface area contributed by atoms with Gasteiger partial charge in [0.25, 0.3) is 0 Å². The number of benzene rings is 2. The van der Waals surface area contributed by atoms with Gasteiger partial charge in [0.15, 0.2) is 0 Å². The van der Waals surface area contributed by atoms with Crippen LogP contribution in [0.15, 0.2) is 48.5 Å². The molecule has 2 atom stereocenters. The molecule has 0 aliphatic rings. The summed E-state index contributed by atoms with van der Waals surface area (Å²) in [6, 6.07) is 11.0. The molecule has 4 N–H and O–H groups in total. The van der Waals surface area contributed by atoms with Crippen molar-refractivity contribution in [2.24, 2.45) is 0 Å². The SMILES string of the molecule is COC(=O)CNC(=O)C(c1cccc(C)c1O)N(CCO)C(=O)C(Cc1ccccc1)NC(=O)OC(C)(C)C. The maximum atomic E-state index is 14.0. The van der Waals surface area contributed by atoms with Gasteiger partial charge in [-0.1, -0.05) is 48.5 Å². The van der Waals surface area contributed by atoms with Crippen LogP contribution in [0.4, 0.5) is 4.79 Å². The van der Waals surface area contributed by atoms with Crippen LogP contribution in [-0.2, 0) is 30.3 Å². The van der Waals surface area contributed by atoms with Crippen LogP contribution in [0.3, 0.4) is 0 Å². The Morgan fingerprint density at radius 3 is 2.28 bits per heavy atom. The Bertz CT molecular complexity index is 1150. The number of aromatic hydroxyl groups is 1. The highest BCUT2D eigenvalue weighted by atomic mass is 16.6. The standard InChI is InChI=1S/C28H37N3O8/c1-18-10-9-13-20(24(18)34)23(25(35)29-17-22(33)38-5)31(14-15-32)26(36)21(16-19-11-7-6-8-12-19)30-27(37)39-28(2,3)4/h6-13,21,23,32,34H,14-17H2,1-5H3,(H,29,35)(H,30,37). The van der Waals surface area contributed by atoms with Crippen molar-refractivity contribution in [1.29, 1.82) is 0 Å². The molecule has 2 aromatic carbocycles. The molecule has 0 radical (unpaired) electrons. The molecule has 0 fully saturated rings. The number of hydrogen-bond donors (Lipinski definition) is 4. The van der Waals surface area contributed by atoms with Crippen LogP contribution < -0.4 is 10.6 Å². The van der Waals surface area contributed by atoms with Crippen molar-refractivity contribution < 1.29 is 38.9 Å². The lowest BCUT2D eigenvalue weighted by molar-refractivity contribution is -0.145. The number of esters is 1. The van der Waals surface area contributed by atoms with E-state index in [0.717, 1.165) is 17.6 Å². The number of phenols is 1. The fourth-order valence-corrected chi connectivity index (χ4v) is 3.86. The van der Waals surface area contributed by atoms with Gasteiger partial charge in [-0.15, -0.1) is 0 Å². The van der Waals surface area contributed by atoms with Gasteiger partial charge in [0.1, 0.15) is 30.0 Å². The number of alkyl carbamates (subject to hydrolysis) is 1. The van der Waals surface area contributed by atoms with Gasteiger partial charge in [-0.25, -0.2) is 4.79 Å². The third-order valence-corrected chi connectivity index (χ3v) is 5.65. The predicted molar refractivity (Wildman–Crippen MR) is 143 cm³/mol. The quantitative estimate of drug-likeness (QED) is 0.314. The molecule has 39 heavy (non-hydrogen) atoms. The molecular formula is C28H37N3O8. The van der Waals surface area contributed by atoms with E-state index < -0.39 is 54.7 Å². The van der Waals surface area contributed by atoms with Gasteiger partial charge in [0.05, 0.1) is 13.7 Å².